The molecular formula is C14H21NO. The number of likely N-dealkylation sites (tertiary alicyclic amines) is 1. The molecule has 2 heteroatoms. The van der Waals surface area contributed by atoms with E-state index < -0.39 is 0 Å². The highest BCUT2D eigenvalue weighted by molar-refractivity contribution is 5.30. The fraction of sp³-hybridized carbons (Fsp3) is 0.571. The van der Waals surface area contributed by atoms with Gasteiger partial charge >= 0.3 is 0 Å². The minimum Gasteiger partial charge on any atom is -0.390 e. The van der Waals surface area contributed by atoms with Gasteiger partial charge in [-0.3, -0.25) is 4.90 Å². The molecule has 88 valence electrons. The number of rotatable bonds is 4. The first-order chi connectivity index (χ1) is 7.71. The molecule has 1 aromatic carbocycles. The summed E-state index contributed by atoms with van der Waals surface area (Å²) >= 11 is 0. The van der Waals surface area contributed by atoms with Crippen molar-refractivity contribution in [3.05, 3.63) is 34.9 Å². The predicted molar refractivity (Wildman–Crippen MR) is 66.5 cm³/mol. The van der Waals surface area contributed by atoms with E-state index in [4.69, 9.17) is 0 Å². The van der Waals surface area contributed by atoms with Crippen molar-refractivity contribution >= 4 is 0 Å². The van der Waals surface area contributed by atoms with Crippen LogP contribution in [0.2, 0.25) is 0 Å². The summed E-state index contributed by atoms with van der Waals surface area (Å²) in [7, 11) is 0. The van der Waals surface area contributed by atoms with E-state index in [9.17, 15) is 5.11 Å². The molecule has 2 rings (SSSR count). The molecular weight excluding hydrogens is 198 g/mol. The number of aryl methyl sites for hydroxylation is 2. The summed E-state index contributed by atoms with van der Waals surface area (Å²) in [5, 5.41) is 9.26. The molecule has 16 heavy (non-hydrogen) atoms. The van der Waals surface area contributed by atoms with Crippen molar-refractivity contribution in [1.29, 1.82) is 0 Å². The summed E-state index contributed by atoms with van der Waals surface area (Å²) in [5.41, 5.74) is 4.24. The first-order valence-electron chi connectivity index (χ1n) is 6.23. The molecule has 0 saturated carbocycles. The molecule has 2 nitrogen and oxygen atoms in total. The van der Waals surface area contributed by atoms with Gasteiger partial charge < -0.3 is 5.11 Å². The minimum absolute atomic E-state index is 0.0972. The van der Waals surface area contributed by atoms with Crippen molar-refractivity contribution in [2.24, 2.45) is 0 Å². The average Bonchev–Trinajstić information content (AvgIpc) is 2.26. The number of nitrogens with zero attached hydrogens (tertiary/aromatic N) is 1. The van der Waals surface area contributed by atoms with Gasteiger partial charge in [-0.1, -0.05) is 32.0 Å². The van der Waals surface area contributed by atoms with Crippen LogP contribution < -0.4 is 0 Å². The molecule has 0 aliphatic carbocycles. The Hall–Kier alpha value is -0.860. The van der Waals surface area contributed by atoms with Crippen LogP contribution in [0.25, 0.3) is 0 Å². The second-order valence-corrected chi connectivity index (χ2v) is 4.71. The van der Waals surface area contributed by atoms with Crippen molar-refractivity contribution in [1.82, 2.24) is 4.90 Å². The van der Waals surface area contributed by atoms with Gasteiger partial charge in [0.25, 0.3) is 0 Å². The normalized spacial score (nSPS) is 17.4. The topological polar surface area (TPSA) is 23.5 Å². The van der Waals surface area contributed by atoms with Crippen molar-refractivity contribution in [2.45, 2.75) is 39.3 Å². The summed E-state index contributed by atoms with van der Waals surface area (Å²) in [5.74, 6) is 0. The van der Waals surface area contributed by atoms with Gasteiger partial charge in [0, 0.05) is 19.6 Å². The van der Waals surface area contributed by atoms with Crippen LogP contribution >= 0.6 is 0 Å². The maximum atomic E-state index is 9.26. The van der Waals surface area contributed by atoms with E-state index in [1.807, 2.05) is 0 Å². The van der Waals surface area contributed by atoms with Crippen LogP contribution in [0, 0.1) is 0 Å². The Kier molecular flexibility index (Phi) is 3.62. The molecule has 0 spiro atoms. The highest BCUT2D eigenvalue weighted by atomic mass is 16.3. The van der Waals surface area contributed by atoms with E-state index in [0.29, 0.717) is 0 Å². The summed E-state index contributed by atoms with van der Waals surface area (Å²) < 4.78 is 0. The zero-order chi connectivity index (χ0) is 11.5. The van der Waals surface area contributed by atoms with Crippen molar-refractivity contribution in [3.63, 3.8) is 0 Å². The zero-order valence-corrected chi connectivity index (χ0v) is 10.2. The Morgan fingerprint density at radius 3 is 2.00 bits per heavy atom. The second-order valence-electron chi connectivity index (χ2n) is 4.71. The van der Waals surface area contributed by atoms with Crippen LogP contribution in [0.5, 0.6) is 0 Å². The van der Waals surface area contributed by atoms with Crippen molar-refractivity contribution in [3.8, 4) is 0 Å². The third kappa shape index (κ3) is 2.63. The first-order valence-corrected chi connectivity index (χ1v) is 6.23. The lowest BCUT2D eigenvalue weighted by Gasteiger charge is -2.36. The fourth-order valence-corrected chi connectivity index (χ4v) is 2.27. The Labute approximate surface area is 97.9 Å². The van der Waals surface area contributed by atoms with Crippen LogP contribution in [-0.2, 0) is 19.4 Å². The molecule has 0 amide bonds. The predicted octanol–water partition coefficient (Wildman–Crippen LogP) is 1.99. The fourth-order valence-electron chi connectivity index (χ4n) is 2.27. The molecule has 1 saturated heterocycles. The smallest absolute Gasteiger partial charge is 0.0794 e. The van der Waals surface area contributed by atoms with Gasteiger partial charge in [-0.25, -0.2) is 0 Å². The van der Waals surface area contributed by atoms with E-state index >= 15 is 0 Å². The van der Waals surface area contributed by atoms with Gasteiger partial charge in [0.2, 0.25) is 0 Å². The molecule has 1 aliphatic rings. The van der Waals surface area contributed by atoms with Gasteiger partial charge in [0.15, 0.2) is 0 Å². The highest BCUT2D eigenvalue weighted by Crippen LogP contribution is 2.17. The maximum absolute atomic E-state index is 9.26. The first kappa shape index (κ1) is 11.6. The van der Waals surface area contributed by atoms with E-state index in [-0.39, 0.29) is 6.10 Å². The summed E-state index contributed by atoms with van der Waals surface area (Å²) in [4.78, 5) is 2.29. The Bertz CT molecular complexity index is 334. The van der Waals surface area contributed by atoms with E-state index in [1.54, 1.807) is 0 Å². The number of benzene rings is 1. The summed E-state index contributed by atoms with van der Waals surface area (Å²) in [6.45, 7) is 7.05. The molecule has 0 atom stereocenters. The summed E-state index contributed by atoms with van der Waals surface area (Å²) in [6.07, 6.45) is 2.10. The largest absolute Gasteiger partial charge is 0.390 e. The van der Waals surface area contributed by atoms with Crippen LogP contribution in [-0.4, -0.2) is 29.2 Å². The van der Waals surface area contributed by atoms with E-state index in [1.165, 1.54) is 16.7 Å². The van der Waals surface area contributed by atoms with Crippen molar-refractivity contribution < 1.29 is 5.11 Å². The third-order valence-corrected chi connectivity index (χ3v) is 3.27. The number of aliphatic hydroxyl groups excluding tert-OH is 1. The molecule has 1 heterocycles. The monoisotopic (exact) mass is 219 g/mol. The minimum atomic E-state index is -0.0972. The summed E-state index contributed by atoms with van der Waals surface area (Å²) in [6, 6.07) is 6.89. The average molecular weight is 219 g/mol. The molecule has 1 aromatic rings. The van der Waals surface area contributed by atoms with Crippen LogP contribution in [0.15, 0.2) is 18.2 Å². The zero-order valence-electron chi connectivity index (χ0n) is 10.2. The van der Waals surface area contributed by atoms with Gasteiger partial charge in [-0.2, -0.15) is 0 Å². The molecule has 0 bridgehead atoms. The Morgan fingerprint density at radius 2 is 1.56 bits per heavy atom. The van der Waals surface area contributed by atoms with Gasteiger partial charge in [0.1, 0.15) is 0 Å². The molecule has 0 aromatic heterocycles. The molecule has 1 fully saturated rings. The third-order valence-electron chi connectivity index (χ3n) is 3.27. The van der Waals surface area contributed by atoms with E-state index in [0.717, 1.165) is 32.5 Å². The second kappa shape index (κ2) is 4.98. The van der Waals surface area contributed by atoms with Gasteiger partial charge in [-0.05, 0) is 29.5 Å². The van der Waals surface area contributed by atoms with E-state index in [2.05, 4.69) is 36.9 Å². The molecule has 1 N–H and O–H groups in total. The number of hydrogen-bond acceptors (Lipinski definition) is 2. The molecule has 0 radical (unpaired) electrons. The number of β-amino-alcohol motifs (C(OH)–C–C–N with tert-alkyl or cyclic N) is 1. The Morgan fingerprint density at radius 1 is 1.06 bits per heavy atom. The quantitative estimate of drug-likeness (QED) is 0.837. The molecule has 0 unspecified atom stereocenters. The number of aliphatic hydroxyl groups is 1. The molecule has 1 aliphatic heterocycles. The van der Waals surface area contributed by atoms with Gasteiger partial charge in [-0.15, -0.1) is 0 Å². The maximum Gasteiger partial charge on any atom is 0.0794 e. The van der Waals surface area contributed by atoms with Gasteiger partial charge in [0.05, 0.1) is 6.10 Å². The lowest BCUT2D eigenvalue weighted by atomic mass is 10.0. The lowest BCUT2D eigenvalue weighted by Crippen LogP contribution is -2.49. The van der Waals surface area contributed by atoms with Crippen LogP contribution in [0.1, 0.15) is 30.5 Å². The lowest BCUT2D eigenvalue weighted by molar-refractivity contribution is -0.00287. The SMILES string of the molecule is CCc1cc(CC)cc(CN2CC(O)C2)c1. The number of hydrogen-bond donors (Lipinski definition) is 1. The van der Waals surface area contributed by atoms with Crippen LogP contribution in [0.4, 0.5) is 0 Å². The standard InChI is InChI=1S/C14H21NO/c1-3-11-5-12(4-2)7-13(6-11)8-15-9-14(16)10-15/h5-7,14,16H,3-4,8-10H2,1-2H3. The van der Waals surface area contributed by atoms with Crippen LogP contribution in [0.3, 0.4) is 0 Å². The Balaban J connectivity index is 2.07. The highest BCUT2D eigenvalue weighted by Gasteiger charge is 2.23. The van der Waals surface area contributed by atoms with Crippen molar-refractivity contribution in [2.75, 3.05) is 13.1 Å².